The van der Waals surface area contributed by atoms with Gasteiger partial charge in [0, 0.05) is 19.2 Å². The van der Waals surface area contributed by atoms with Gasteiger partial charge in [-0.3, -0.25) is 4.79 Å². The van der Waals surface area contributed by atoms with Crippen LogP contribution in [0.4, 0.5) is 13.2 Å². The van der Waals surface area contributed by atoms with E-state index in [0.717, 1.165) is 33.5 Å². The smallest absolute Gasteiger partial charge is 0.383 e. The minimum atomic E-state index is -4.51. The van der Waals surface area contributed by atoms with Crippen molar-refractivity contribution in [1.82, 2.24) is 4.57 Å². The van der Waals surface area contributed by atoms with Crippen LogP contribution < -0.4 is 4.80 Å². The Hall–Kier alpha value is -2.45. The fraction of sp³-hybridized carbons (Fsp3) is 0.300. The number of hydrogen-bond acceptors (Lipinski definition) is 3. The molecule has 1 amide bonds. The summed E-state index contributed by atoms with van der Waals surface area (Å²) in [5, 5.41) is 0. The number of fused-ring (bicyclic) bond motifs is 1. The summed E-state index contributed by atoms with van der Waals surface area (Å²) in [6, 6.07) is 8.35. The highest BCUT2D eigenvalue weighted by Gasteiger charge is 2.30. The van der Waals surface area contributed by atoms with Crippen molar-refractivity contribution in [1.29, 1.82) is 0 Å². The van der Waals surface area contributed by atoms with Crippen molar-refractivity contribution < 1.29 is 22.7 Å². The van der Waals surface area contributed by atoms with Gasteiger partial charge in [-0.15, -0.1) is 0 Å². The van der Waals surface area contributed by atoms with Crippen LogP contribution in [0.2, 0.25) is 0 Å². The number of benzene rings is 2. The molecule has 0 unspecified atom stereocenters. The molecule has 3 aromatic rings. The molecular formula is C20H19F3N2O2S. The second-order valence-corrected chi connectivity index (χ2v) is 7.46. The summed E-state index contributed by atoms with van der Waals surface area (Å²) in [7, 11) is 1.58. The Bertz CT molecular complexity index is 1100. The quantitative estimate of drug-likeness (QED) is 0.627. The largest absolute Gasteiger partial charge is 0.416 e. The number of amides is 1. The summed E-state index contributed by atoms with van der Waals surface area (Å²) < 4.78 is 46.8. The first-order chi connectivity index (χ1) is 13.2. The van der Waals surface area contributed by atoms with Crippen LogP contribution in [0.1, 0.15) is 27.0 Å². The van der Waals surface area contributed by atoms with Gasteiger partial charge in [-0.2, -0.15) is 18.2 Å². The molecule has 4 nitrogen and oxygen atoms in total. The Labute approximate surface area is 163 Å². The first-order valence-electron chi connectivity index (χ1n) is 8.56. The molecule has 0 saturated heterocycles. The van der Waals surface area contributed by atoms with Crippen molar-refractivity contribution in [3.63, 3.8) is 0 Å². The third-order valence-electron chi connectivity index (χ3n) is 4.26. The van der Waals surface area contributed by atoms with Crippen LogP contribution in [0.15, 0.2) is 41.4 Å². The van der Waals surface area contributed by atoms with E-state index in [-0.39, 0.29) is 5.56 Å². The molecule has 0 N–H and O–H groups in total. The van der Waals surface area contributed by atoms with Gasteiger partial charge in [-0.05, 0) is 49.2 Å². The van der Waals surface area contributed by atoms with Gasteiger partial charge in [-0.25, -0.2) is 0 Å². The minimum absolute atomic E-state index is 0.0986. The number of hydrogen-bond donors (Lipinski definition) is 0. The molecule has 0 spiro atoms. The molecule has 0 aliphatic heterocycles. The van der Waals surface area contributed by atoms with E-state index >= 15 is 0 Å². The molecule has 0 aliphatic rings. The van der Waals surface area contributed by atoms with Crippen molar-refractivity contribution >= 4 is 27.5 Å². The number of ether oxygens (including phenoxy) is 1. The van der Waals surface area contributed by atoms with Gasteiger partial charge in [0.1, 0.15) is 0 Å². The van der Waals surface area contributed by atoms with Crippen molar-refractivity contribution in [2.24, 2.45) is 4.99 Å². The first kappa shape index (κ1) is 20.3. The predicted octanol–water partition coefficient (Wildman–Crippen LogP) is 4.73. The van der Waals surface area contributed by atoms with Crippen LogP contribution in [-0.2, 0) is 17.5 Å². The van der Waals surface area contributed by atoms with Gasteiger partial charge in [0.05, 0.1) is 22.4 Å². The third kappa shape index (κ3) is 4.18. The van der Waals surface area contributed by atoms with E-state index < -0.39 is 17.6 Å². The summed E-state index contributed by atoms with van der Waals surface area (Å²) >= 11 is 1.33. The van der Waals surface area contributed by atoms with E-state index in [1.807, 2.05) is 30.5 Å². The van der Waals surface area contributed by atoms with Gasteiger partial charge >= 0.3 is 6.18 Å². The highest BCUT2D eigenvalue weighted by atomic mass is 32.1. The maximum Gasteiger partial charge on any atom is 0.416 e. The van der Waals surface area contributed by atoms with E-state index in [4.69, 9.17) is 4.74 Å². The normalized spacial score (nSPS) is 12.7. The standard InChI is InChI=1S/C20H19F3N2O2S/c1-12-9-13(2)17-16(10-12)28-19(25(17)7-8-27-3)24-18(26)14-5-4-6-15(11-14)20(21,22)23/h4-6,9-11H,7-8H2,1-3H3. The molecule has 1 aromatic heterocycles. The van der Waals surface area contributed by atoms with Crippen LogP contribution in [0.25, 0.3) is 10.2 Å². The number of alkyl halides is 3. The van der Waals surface area contributed by atoms with Gasteiger partial charge in [-0.1, -0.05) is 23.5 Å². The fourth-order valence-electron chi connectivity index (χ4n) is 3.05. The molecule has 0 fully saturated rings. The number of rotatable bonds is 4. The number of thiazole rings is 1. The zero-order chi connectivity index (χ0) is 20.5. The molecule has 3 rings (SSSR count). The zero-order valence-corrected chi connectivity index (χ0v) is 16.4. The minimum Gasteiger partial charge on any atom is -0.383 e. The van der Waals surface area contributed by atoms with Crippen molar-refractivity contribution in [3.8, 4) is 0 Å². The Morgan fingerprint density at radius 1 is 1.21 bits per heavy atom. The van der Waals surface area contributed by atoms with E-state index in [1.54, 1.807) is 7.11 Å². The van der Waals surface area contributed by atoms with Crippen molar-refractivity contribution in [2.75, 3.05) is 13.7 Å². The average Bonchev–Trinajstić information content (AvgIpc) is 2.96. The Morgan fingerprint density at radius 3 is 2.64 bits per heavy atom. The number of carbonyl (C=O) groups excluding carboxylic acids is 1. The van der Waals surface area contributed by atoms with E-state index in [0.29, 0.717) is 18.0 Å². The second-order valence-electron chi connectivity index (χ2n) is 6.45. The van der Waals surface area contributed by atoms with E-state index in [2.05, 4.69) is 4.99 Å². The Morgan fingerprint density at radius 2 is 1.96 bits per heavy atom. The summed E-state index contributed by atoms with van der Waals surface area (Å²) in [5.41, 5.74) is 2.10. The number of aryl methyl sites for hydroxylation is 2. The highest BCUT2D eigenvalue weighted by Crippen LogP contribution is 2.29. The molecule has 148 valence electrons. The lowest BCUT2D eigenvalue weighted by Gasteiger charge is -2.08. The van der Waals surface area contributed by atoms with Crippen LogP contribution in [-0.4, -0.2) is 24.2 Å². The number of methoxy groups -OCH3 is 1. The number of halogens is 3. The number of nitrogens with zero attached hydrogens (tertiary/aromatic N) is 2. The van der Waals surface area contributed by atoms with Crippen LogP contribution in [0.5, 0.6) is 0 Å². The third-order valence-corrected chi connectivity index (χ3v) is 5.29. The van der Waals surface area contributed by atoms with Crippen LogP contribution in [0, 0.1) is 13.8 Å². The lowest BCUT2D eigenvalue weighted by atomic mass is 10.1. The SMILES string of the molecule is COCCn1c(=NC(=O)c2cccc(C(F)(F)F)c2)sc2cc(C)cc(C)c21. The van der Waals surface area contributed by atoms with E-state index in [9.17, 15) is 18.0 Å². The predicted molar refractivity (Wildman–Crippen MR) is 103 cm³/mol. The Kier molecular flexibility index (Phi) is 5.71. The molecule has 0 atom stereocenters. The molecule has 0 aliphatic carbocycles. The topological polar surface area (TPSA) is 43.6 Å². The molecule has 8 heteroatoms. The molecule has 1 heterocycles. The number of carbonyl (C=O) groups is 1. The Balaban J connectivity index is 2.13. The summed E-state index contributed by atoms with van der Waals surface area (Å²) in [6.45, 7) is 4.86. The highest BCUT2D eigenvalue weighted by molar-refractivity contribution is 7.16. The second kappa shape index (κ2) is 7.89. The van der Waals surface area contributed by atoms with Crippen LogP contribution in [0.3, 0.4) is 0 Å². The maximum absolute atomic E-state index is 12.9. The molecule has 28 heavy (non-hydrogen) atoms. The monoisotopic (exact) mass is 408 g/mol. The summed E-state index contributed by atoms with van der Waals surface area (Å²) in [5.74, 6) is -0.710. The lowest BCUT2D eigenvalue weighted by Crippen LogP contribution is -2.20. The number of aromatic nitrogens is 1. The molecule has 0 radical (unpaired) electrons. The molecule has 0 saturated carbocycles. The average molecular weight is 408 g/mol. The molecular weight excluding hydrogens is 389 g/mol. The maximum atomic E-state index is 12.9. The van der Waals surface area contributed by atoms with E-state index in [1.165, 1.54) is 23.5 Å². The van der Waals surface area contributed by atoms with Gasteiger partial charge in [0.15, 0.2) is 4.80 Å². The first-order valence-corrected chi connectivity index (χ1v) is 9.38. The zero-order valence-electron chi connectivity index (χ0n) is 15.6. The van der Waals surface area contributed by atoms with Gasteiger partial charge in [0.2, 0.25) is 0 Å². The fourth-order valence-corrected chi connectivity index (χ4v) is 4.28. The molecule has 0 bridgehead atoms. The van der Waals surface area contributed by atoms with Gasteiger partial charge in [0.25, 0.3) is 5.91 Å². The van der Waals surface area contributed by atoms with Crippen molar-refractivity contribution in [3.05, 3.63) is 63.5 Å². The summed E-state index contributed by atoms with van der Waals surface area (Å²) in [6.07, 6.45) is -4.51. The van der Waals surface area contributed by atoms with Gasteiger partial charge < -0.3 is 9.30 Å². The lowest BCUT2D eigenvalue weighted by molar-refractivity contribution is -0.137. The molecule has 2 aromatic carbocycles. The van der Waals surface area contributed by atoms with Crippen molar-refractivity contribution in [2.45, 2.75) is 26.6 Å². The van der Waals surface area contributed by atoms with Crippen LogP contribution >= 0.6 is 11.3 Å². The summed E-state index contributed by atoms with van der Waals surface area (Å²) in [4.78, 5) is 17.1.